The van der Waals surface area contributed by atoms with Crippen molar-refractivity contribution in [1.29, 1.82) is 0 Å². The monoisotopic (exact) mass is 809 g/mol. The number of fused-ring (bicyclic) bond motifs is 2. The van der Waals surface area contributed by atoms with Gasteiger partial charge in [0.2, 0.25) is 0 Å². The second kappa shape index (κ2) is 13.7. The van der Waals surface area contributed by atoms with Crippen molar-refractivity contribution in [2.75, 3.05) is 0 Å². The third kappa shape index (κ3) is 6.41. The van der Waals surface area contributed by atoms with Crippen molar-refractivity contribution in [3.8, 4) is 22.3 Å². The molecular weight excluding hydrogens is 755 g/mol. The maximum atomic E-state index is 8.81. The Kier molecular flexibility index (Phi) is 10.0. The number of hydrogen-bond acceptors (Lipinski definition) is 0. The summed E-state index contributed by atoms with van der Waals surface area (Å²) in [6.07, 6.45) is 10.1. The van der Waals surface area contributed by atoms with E-state index in [0.717, 1.165) is 5.92 Å². The van der Waals surface area contributed by atoms with Gasteiger partial charge in [-0.1, -0.05) is 0 Å². The molecule has 4 heteroatoms. The van der Waals surface area contributed by atoms with E-state index in [1.54, 1.807) is 5.57 Å². The van der Waals surface area contributed by atoms with E-state index < -0.39 is 21.5 Å². The SMILES string of the molecule is CC1=Cc2c(-c3ccc(C(C)(C)C)cc3)cccc2[CH]1[Zr]([Cl])([Cl])([CH]1C(C2CCC(C)CC2)=Cc2c(-c3ccc(C(C)C)cc3)cccc21)[SiH](C)C. The average Bonchev–Trinajstić information content (AvgIpc) is 3.67. The Morgan fingerprint density at radius 3 is 1.71 bits per heavy atom. The number of hydrogen-bond donors (Lipinski definition) is 0. The number of allylic oxidation sites excluding steroid dienone is 2. The molecule has 0 saturated heterocycles. The first-order chi connectivity index (χ1) is 24.1. The zero-order chi connectivity index (χ0) is 36.5. The van der Waals surface area contributed by atoms with Crippen LogP contribution >= 0.6 is 17.0 Å². The van der Waals surface area contributed by atoms with Crippen LogP contribution in [0.2, 0.25) is 13.1 Å². The Labute approximate surface area is 317 Å². The molecule has 2 atom stereocenters. The van der Waals surface area contributed by atoms with Crippen LogP contribution in [-0.4, -0.2) is 5.92 Å². The predicted octanol–water partition coefficient (Wildman–Crippen LogP) is 14.8. The Bertz CT molecular complexity index is 2000. The Morgan fingerprint density at radius 2 is 1.20 bits per heavy atom. The summed E-state index contributed by atoms with van der Waals surface area (Å²) in [5, 5.41) is 0. The van der Waals surface area contributed by atoms with E-state index in [2.05, 4.69) is 159 Å². The fourth-order valence-electron chi connectivity index (χ4n) is 9.81. The van der Waals surface area contributed by atoms with Crippen molar-refractivity contribution in [2.24, 2.45) is 11.8 Å². The maximum absolute atomic E-state index is 8.81. The van der Waals surface area contributed by atoms with Crippen molar-refractivity contribution in [3.63, 3.8) is 0 Å². The summed E-state index contributed by atoms with van der Waals surface area (Å²) < 4.78 is 0.222. The zero-order valence-electron chi connectivity index (χ0n) is 32.3. The minimum absolute atomic E-state index is 0.0982. The molecule has 0 amide bonds. The Hall–Kier alpha value is -1.96. The topological polar surface area (TPSA) is 0 Å². The third-order valence-corrected chi connectivity index (χ3v) is 65.0. The van der Waals surface area contributed by atoms with Gasteiger partial charge in [-0.25, -0.2) is 0 Å². The molecule has 0 radical (unpaired) electrons. The summed E-state index contributed by atoms with van der Waals surface area (Å²) in [4.78, 5) is 0. The van der Waals surface area contributed by atoms with E-state index in [4.69, 9.17) is 17.0 Å². The quantitative estimate of drug-likeness (QED) is 0.163. The summed E-state index contributed by atoms with van der Waals surface area (Å²) in [5.74, 6) is 0.184. The van der Waals surface area contributed by atoms with Crippen LogP contribution in [0.15, 0.2) is 96.1 Å². The molecule has 3 aliphatic carbocycles. The first kappa shape index (κ1) is 37.4. The molecule has 0 heterocycles. The van der Waals surface area contributed by atoms with Crippen LogP contribution in [0, 0.1) is 11.8 Å². The van der Waals surface area contributed by atoms with E-state index in [1.807, 2.05) is 0 Å². The Balaban J connectivity index is 1.40. The Morgan fingerprint density at radius 1 is 0.686 bits per heavy atom. The second-order valence-electron chi connectivity index (χ2n) is 18.0. The molecule has 0 bridgehead atoms. The van der Waals surface area contributed by atoms with Gasteiger partial charge in [-0.3, -0.25) is 0 Å². The number of benzene rings is 4. The normalized spacial score (nSPS) is 22.7. The van der Waals surface area contributed by atoms with E-state index >= 15 is 0 Å². The van der Waals surface area contributed by atoms with Gasteiger partial charge in [0.05, 0.1) is 0 Å². The third-order valence-electron chi connectivity index (χ3n) is 13.0. The molecule has 1 fully saturated rings. The molecule has 51 heavy (non-hydrogen) atoms. The summed E-state index contributed by atoms with van der Waals surface area (Å²) >= 11 is -4.87. The standard InChI is InChI=1S/C25H29.C20H21.C2H7Si.2ClH.Zr/c1-17(2)19-11-13-21(14-12-19)24-6-4-5-22-15-23(16-25(22)24)20-9-7-18(3)8-10-20;1-14-12-16-6-5-7-18(19(16)13-14)15-8-10-17(11-9-15)20(2,3)4;1-3-2;;;/h4-6,11-18,20H,7-10H2,1-3H3;5-13H,1-4H3;3H,1-2H3;2*1H;/q;;;;;+2/p-2. The minimum atomic E-state index is -4.87. The number of rotatable bonds is 7. The molecule has 267 valence electrons. The van der Waals surface area contributed by atoms with Gasteiger partial charge in [0, 0.05) is 0 Å². The van der Waals surface area contributed by atoms with Gasteiger partial charge in [-0.2, -0.15) is 0 Å². The molecule has 4 aromatic carbocycles. The van der Waals surface area contributed by atoms with Crippen molar-refractivity contribution in [2.45, 2.75) is 106 Å². The number of halogens is 2. The molecule has 7 rings (SSSR count). The molecular formula is C47H57Cl2SiZr. The van der Waals surface area contributed by atoms with E-state index in [1.165, 1.54) is 86.9 Å². The van der Waals surface area contributed by atoms with Gasteiger partial charge in [0.1, 0.15) is 0 Å². The first-order valence-electron chi connectivity index (χ1n) is 19.5. The molecule has 0 aromatic heterocycles. The van der Waals surface area contributed by atoms with E-state index in [0.29, 0.717) is 11.8 Å². The summed E-state index contributed by atoms with van der Waals surface area (Å²) in [6.45, 7) is 21.1. The predicted molar refractivity (Wildman–Crippen MR) is 225 cm³/mol. The molecule has 0 spiro atoms. The van der Waals surface area contributed by atoms with Crippen LogP contribution in [0.3, 0.4) is 0 Å². The molecule has 4 aromatic rings. The van der Waals surface area contributed by atoms with Crippen LogP contribution in [0.4, 0.5) is 0 Å². The summed E-state index contributed by atoms with van der Waals surface area (Å²) in [5.41, 5.74) is 16.4. The van der Waals surface area contributed by atoms with Crippen molar-refractivity contribution in [3.05, 3.63) is 129 Å². The van der Waals surface area contributed by atoms with Crippen LogP contribution in [0.1, 0.15) is 121 Å². The van der Waals surface area contributed by atoms with Crippen molar-refractivity contribution < 1.29 is 15.6 Å². The summed E-state index contributed by atoms with van der Waals surface area (Å²) in [6, 6.07) is 32.4. The molecule has 2 unspecified atom stereocenters. The van der Waals surface area contributed by atoms with Crippen LogP contribution < -0.4 is 0 Å². The van der Waals surface area contributed by atoms with Crippen LogP contribution in [0.25, 0.3) is 34.4 Å². The molecule has 1 saturated carbocycles. The fourth-order valence-corrected chi connectivity index (χ4v) is 41.8. The van der Waals surface area contributed by atoms with Crippen LogP contribution in [-0.2, 0) is 21.0 Å². The van der Waals surface area contributed by atoms with E-state index in [9.17, 15) is 0 Å². The van der Waals surface area contributed by atoms with Crippen molar-refractivity contribution >= 4 is 35.1 Å². The van der Waals surface area contributed by atoms with Crippen molar-refractivity contribution in [1.82, 2.24) is 0 Å². The molecule has 3 aliphatic rings. The fraction of sp³-hybridized carbons (Fsp3) is 0.404. The first-order valence-corrected chi connectivity index (χ1v) is 35.8. The van der Waals surface area contributed by atoms with Crippen LogP contribution in [0.5, 0.6) is 0 Å². The molecule has 0 aliphatic heterocycles. The van der Waals surface area contributed by atoms with Gasteiger partial charge in [-0.15, -0.1) is 0 Å². The average molecular weight is 812 g/mol. The van der Waals surface area contributed by atoms with Gasteiger partial charge in [-0.05, 0) is 0 Å². The molecule has 0 N–H and O–H groups in total. The van der Waals surface area contributed by atoms with Gasteiger partial charge < -0.3 is 0 Å². The van der Waals surface area contributed by atoms with Gasteiger partial charge >= 0.3 is 320 Å². The molecule has 0 nitrogen and oxygen atoms in total. The van der Waals surface area contributed by atoms with Gasteiger partial charge in [0.15, 0.2) is 0 Å². The van der Waals surface area contributed by atoms with Gasteiger partial charge in [0.25, 0.3) is 0 Å². The van der Waals surface area contributed by atoms with E-state index in [-0.39, 0.29) is 12.7 Å². The second-order valence-corrected chi connectivity index (χ2v) is 60.5. The zero-order valence-corrected chi connectivity index (χ0v) is 37.4. The summed E-state index contributed by atoms with van der Waals surface area (Å²) in [7, 11) is 17.6.